The summed E-state index contributed by atoms with van der Waals surface area (Å²) in [5.41, 5.74) is 1.08. The molecule has 1 N–H and O–H groups in total. The van der Waals surface area contributed by atoms with Gasteiger partial charge in [0, 0.05) is 6.07 Å². The van der Waals surface area contributed by atoms with E-state index in [9.17, 15) is 9.90 Å². The van der Waals surface area contributed by atoms with Crippen molar-refractivity contribution in [3.8, 4) is 5.75 Å². The van der Waals surface area contributed by atoms with Gasteiger partial charge in [0.05, 0.1) is 18.8 Å². The second-order valence-electron chi connectivity index (χ2n) is 6.63. The Bertz CT molecular complexity index is 680. The minimum absolute atomic E-state index is 0.150. The molecule has 0 unspecified atom stereocenters. The lowest BCUT2D eigenvalue weighted by atomic mass is 10.2. The Balaban J connectivity index is 2.11. The topological polar surface area (TPSA) is 59.0 Å². The van der Waals surface area contributed by atoms with Crippen molar-refractivity contribution in [2.24, 2.45) is 0 Å². The van der Waals surface area contributed by atoms with Gasteiger partial charge in [-0.3, -0.25) is 4.90 Å². The van der Waals surface area contributed by atoms with E-state index in [1.165, 1.54) is 4.90 Å². The molecule has 25 heavy (non-hydrogen) atoms. The highest BCUT2D eigenvalue weighted by Gasteiger charge is 2.23. The molecule has 0 spiro atoms. The van der Waals surface area contributed by atoms with E-state index < -0.39 is 11.7 Å². The molecule has 134 valence electrons. The van der Waals surface area contributed by atoms with Crippen LogP contribution in [0, 0.1) is 0 Å². The molecular formula is C20H25NO4. The van der Waals surface area contributed by atoms with Crippen LogP contribution in [-0.4, -0.2) is 30.0 Å². The molecule has 0 bridgehead atoms. The third kappa shape index (κ3) is 6.12. The molecule has 2 aromatic carbocycles. The lowest BCUT2D eigenvalue weighted by Crippen LogP contribution is -2.38. The normalized spacial score (nSPS) is 11.0. The first kappa shape index (κ1) is 18.8. The standard InChI is InChI=1S/C20H25NO4/c1-20(2,3)25-19(23)21(12-13-22)17-10-7-11-18(14-17)24-15-16-8-5-4-6-9-16/h4-11,14,22H,12-13,15H2,1-3H3. The van der Waals surface area contributed by atoms with Crippen molar-refractivity contribution < 1.29 is 19.4 Å². The molecule has 5 nitrogen and oxygen atoms in total. The minimum Gasteiger partial charge on any atom is -0.489 e. The quantitative estimate of drug-likeness (QED) is 0.861. The summed E-state index contributed by atoms with van der Waals surface area (Å²) in [4.78, 5) is 13.8. The van der Waals surface area contributed by atoms with Gasteiger partial charge in [-0.2, -0.15) is 0 Å². The lowest BCUT2D eigenvalue weighted by molar-refractivity contribution is 0.0573. The molecule has 0 fully saturated rings. The second-order valence-corrected chi connectivity index (χ2v) is 6.63. The summed E-state index contributed by atoms with van der Waals surface area (Å²) in [6.45, 7) is 5.85. The van der Waals surface area contributed by atoms with E-state index in [4.69, 9.17) is 9.47 Å². The van der Waals surface area contributed by atoms with E-state index in [2.05, 4.69) is 0 Å². The Hall–Kier alpha value is -2.53. The number of aliphatic hydroxyl groups excluding tert-OH is 1. The van der Waals surface area contributed by atoms with Gasteiger partial charge in [0.2, 0.25) is 0 Å². The molecule has 0 atom stereocenters. The van der Waals surface area contributed by atoms with Gasteiger partial charge in [-0.15, -0.1) is 0 Å². The van der Waals surface area contributed by atoms with E-state index in [0.717, 1.165) is 5.56 Å². The largest absolute Gasteiger partial charge is 0.489 e. The minimum atomic E-state index is -0.605. The number of hydrogen-bond donors (Lipinski definition) is 1. The number of carbonyl (C=O) groups excluding carboxylic acids is 1. The first-order valence-corrected chi connectivity index (χ1v) is 8.27. The molecule has 0 heterocycles. The number of hydrogen-bond acceptors (Lipinski definition) is 4. The zero-order valence-corrected chi connectivity index (χ0v) is 14.9. The van der Waals surface area contributed by atoms with Crippen LogP contribution in [0.25, 0.3) is 0 Å². The predicted molar refractivity (Wildman–Crippen MR) is 97.9 cm³/mol. The first-order chi connectivity index (χ1) is 11.9. The maximum Gasteiger partial charge on any atom is 0.414 e. The van der Waals surface area contributed by atoms with Crippen LogP contribution in [-0.2, 0) is 11.3 Å². The average molecular weight is 343 g/mol. The fourth-order valence-electron chi connectivity index (χ4n) is 2.22. The van der Waals surface area contributed by atoms with Gasteiger partial charge < -0.3 is 14.6 Å². The molecule has 0 saturated carbocycles. The molecule has 0 aliphatic carbocycles. The Morgan fingerprint density at radius 2 is 1.80 bits per heavy atom. The molecule has 5 heteroatoms. The third-order valence-electron chi connectivity index (χ3n) is 3.32. The summed E-state index contributed by atoms with van der Waals surface area (Å²) in [5.74, 6) is 0.646. The number of ether oxygens (including phenoxy) is 2. The molecule has 2 aromatic rings. The molecule has 0 radical (unpaired) electrons. The lowest BCUT2D eigenvalue weighted by Gasteiger charge is -2.27. The van der Waals surface area contributed by atoms with Crippen molar-refractivity contribution in [2.45, 2.75) is 33.0 Å². The second kappa shape index (κ2) is 8.53. The Labute approximate surface area is 148 Å². The summed E-state index contributed by atoms with van der Waals surface area (Å²) >= 11 is 0. The molecule has 0 saturated heterocycles. The highest BCUT2D eigenvalue weighted by atomic mass is 16.6. The monoisotopic (exact) mass is 343 g/mol. The maximum absolute atomic E-state index is 12.4. The van der Waals surface area contributed by atoms with Crippen molar-refractivity contribution >= 4 is 11.8 Å². The van der Waals surface area contributed by atoms with Crippen LogP contribution >= 0.6 is 0 Å². The number of anilines is 1. The summed E-state index contributed by atoms with van der Waals surface area (Å²) in [6, 6.07) is 17.0. The van der Waals surface area contributed by atoms with Crippen LogP contribution in [0.5, 0.6) is 5.75 Å². The van der Waals surface area contributed by atoms with Gasteiger partial charge in [-0.05, 0) is 38.5 Å². The molecule has 1 amide bonds. The van der Waals surface area contributed by atoms with Crippen molar-refractivity contribution in [1.82, 2.24) is 0 Å². The van der Waals surface area contributed by atoms with Crippen molar-refractivity contribution in [2.75, 3.05) is 18.1 Å². The maximum atomic E-state index is 12.4. The number of amides is 1. The number of carbonyl (C=O) groups is 1. The highest BCUT2D eigenvalue weighted by Crippen LogP contribution is 2.24. The molecule has 0 aromatic heterocycles. The molecule has 2 rings (SSSR count). The molecular weight excluding hydrogens is 318 g/mol. The molecule has 0 aliphatic heterocycles. The van der Waals surface area contributed by atoms with Gasteiger partial charge in [0.15, 0.2) is 0 Å². The Kier molecular flexibility index (Phi) is 6.42. The number of aliphatic hydroxyl groups is 1. The first-order valence-electron chi connectivity index (χ1n) is 8.27. The SMILES string of the molecule is CC(C)(C)OC(=O)N(CCO)c1cccc(OCc2ccccc2)c1. The smallest absolute Gasteiger partial charge is 0.414 e. The predicted octanol–water partition coefficient (Wildman–Crippen LogP) is 4.00. The summed E-state index contributed by atoms with van der Waals surface area (Å²) < 4.78 is 11.2. The number of benzene rings is 2. The summed E-state index contributed by atoms with van der Waals surface area (Å²) in [5, 5.41) is 9.29. The fourth-order valence-corrected chi connectivity index (χ4v) is 2.22. The fraction of sp³-hybridized carbons (Fsp3) is 0.350. The number of nitrogens with zero attached hydrogens (tertiary/aromatic N) is 1. The van der Waals surface area contributed by atoms with E-state index in [1.807, 2.05) is 42.5 Å². The Morgan fingerprint density at radius 3 is 2.44 bits per heavy atom. The van der Waals surface area contributed by atoms with Gasteiger partial charge in [-0.1, -0.05) is 36.4 Å². The van der Waals surface area contributed by atoms with E-state index in [0.29, 0.717) is 18.0 Å². The van der Waals surface area contributed by atoms with Gasteiger partial charge in [0.25, 0.3) is 0 Å². The van der Waals surface area contributed by atoms with E-state index in [1.54, 1.807) is 32.9 Å². The van der Waals surface area contributed by atoms with Gasteiger partial charge >= 0.3 is 6.09 Å². The van der Waals surface area contributed by atoms with Gasteiger partial charge in [-0.25, -0.2) is 4.79 Å². The summed E-state index contributed by atoms with van der Waals surface area (Å²) in [7, 11) is 0. The van der Waals surface area contributed by atoms with Crippen LogP contribution in [0.2, 0.25) is 0 Å². The van der Waals surface area contributed by atoms with Crippen LogP contribution in [0.1, 0.15) is 26.3 Å². The van der Waals surface area contributed by atoms with Crippen LogP contribution in [0.4, 0.5) is 10.5 Å². The van der Waals surface area contributed by atoms with Gasteiger partial charge in [0.1, 0.15) is 18.0 Å². The summed E-state index contributed by atoms with van der Waals surface area (Å²) in [6.07, 6.45) is -0.498. The highest BCUT2D eigenvalue weighted by molar-refractivity contribution is 5.88. The van der Waals surface area contributed by atoms with Crippen molar-refractivity contribution in [1.29, 1.82) is 0 Å². The van der Waals surface area contributed by atoms with Crippen LogP contribution in [0.15, 0.2) is 54.6 Å². The zero-order chi connectivity index (χ0) is 18.3. The van der Waals surface area contributed by atoms with Crippen LogP contribution < -0.4 is 9.64 Å². The van der Waals surface area contributed by atoms with Crippen molar-refractivity contribution in [3.63, 3.8) is 0 Å². The van der Waals surface area contributed by atoms with E-state index >= 15 is 0 Å². The average Bonchev–Trinajstić information content (AvgIpc) is 2.57. The number of rotatable bonds is 6. The Morgan fingerprint density at radius 1 is 1.08 bits per heavy atom. The van der Waals surface area contributed by atoms with Crippen LogP contribution in [0.3, 0.4) is 0 Å². The molecule has 0 aliphatic rings. The zero-order valence-electron chi connectivity index (χ0n) is 14.9. The third-order valence-corrected chi connectivity index (χ3v) is 3.32. The van der Waals surface area contributed by atoms with Crippen molar-refractivity contribution in [3.05, 3.63) is 60.2 Å². The van der Waals surface area contributed by atoms with E-state index in [-0.39, 0.29) is 13.2 Å².